The van der Waals surface area contributed by atoms with Gasteiger partial charge in [0.15, 0.2) is 12.6 Å². The topological polar surface area (TPSA) is 119 Å². The number of aliphatic carboxylic acids is 1. The van der Waals surface area contributed by atoms with Crippen LogP contribution in [0.3, 0.4) is 0 Å². The van der Waals surface area contributed by atoms with E-state index in [2.05, 4.69) is 9.47 Å². The maximum Gasteiger partial charge on any atom is 1.00 e. The number of hydrogen-bond acceptors (Lipinski definition) is 7. The molecule has 4 atom stereocenters. The van der Waals surface area contributed by atoms with Gasteiger partial charge in [0, 0.05) is 13.2 Å². The summed E-state index contributed by atoms with van der Waals surface area (Å²) < 4.78 is 9.23. The van der Waals surface area contributed by atoms with Crippen LogP contribution >= 0.6 is 0 Å². The SMILES string of the molecule is CCOC(O)C(O)C(C(=O)[O-])C(O)OCC.[Na+]. The van der Waals surface area contributed by atoms with Crippen molar-refractivity contribution in [3.05, 3.63) is 0 Å². The summed E-state index contributed by atoms with van der Waals surface area (Å²) in [7, 11) is 0. The average molecular weight is 260 g/mol. The fourth-order valence-electron chi connectivity index (χ4n) is 1.15. The summed E-state index contributed by atoms with van der Waals surface area (Å²) in [4.78, 5) is 10.7. The quantitative estimate of drug-likeness (QED) is 0.294. The first-order valence-electron chi connectivity index (χ1n) is 4.93. The molecule has 0 bridgehead atoms. The number of rotatable bonds is 8. The zero-order chi connectivity index (χ0) is 12.7. The molecule has 17 heavy (non-hydrogen) atoms. The Kier molecular flexibility index (Phi) is 11.8. The predicted octanol–water partition coefficient (Wildman–Crippen LogP) is -5.57. The van der Waals surface area contributed by atoms with Crippen LogP contribution in [0.2, 0.25) is 0 Å². The summed E-state index contributed by atoms with van der Waals surface area (Å²) in [5, 5.41) is 38.6. The zero-order valence-corrected chi connectivity index (χ0v) is 12.2. The molecule has 0 radical (unpaired) electrons. The normalized spacial score (nSPS) is 17.7. The molecule has 8 heteroatoms. The molecule has 7 nitrogen and oxygen atoms in total. The van der Waals surface area contributed by atoms with Crippen molar-refractivity contribution in [2.75, 3.05) is 13.2 Å². The van der Waals surface area contributed by atoms with Crippen molar-refractivity contribution in [2.45, 2.75) is 32.5 Å². The Morgan fingerprint density at radius 1 is 1.12 bits per heavy atom. The second-order valence-electron chi connectivity index (χ2n) is 3.03. The van der Waals surface area contributed by atoms with Crippen LogP contribution in [0.5, 0.6) is 0 Å². The largest absolute Gasteiger partial charge is 1.00 e. The summed E-state index contributed by atoms with van der Waals surface area (Å²) >= 11 is 0. The van der Waals surface area contributed by atoms with Gasteiger partial charge in [-0.1, -0.05) is 0 Å². The van der Waals surface area contributed by atoms with E-state index < -0.39 is 30.6 Å². The van der Waals surface area contributed by atoms with Crippen molar-refractivity contribution < 1.29 is 64.3 Å². The fourth-order valence-corrected chi connectivity index (χ4v) is 1.15. The molecule has 0 saturated heterocycles. The van der Waals surface area contributed by atoms with Crippen LogP contribution in [0.4, 0.5) is 0 Å². The molecule has 0 aromatic heterocycles. The van der Waals surface area contributed by atoms with Crippen molar-refractivity contribution >= 4 is 5.97 Å². The van der Waals surface area contributed by atoms with E-state index in [9.17, 15) is 25.2 Å². The first kappa shape index (κ1) is 19.6. The van der Waals surface area contributed by atoms with Crippen molar-refractivity contribution in [2.24, 2.45) is 5.92 Å². The average Bonchev–Trinajstić information content (AvgIpc) is 2.17. The molecule has 4 unspecified atom stereocenters. The third kappa shape index (κ3) is 6.68. The number of hydrogen-bond donors (Lipinski definition) is 3. The number of carboxylic acids is 1. The van der Waals surface area contributed by atoms with Crippen molar-refractivity contribution in [1.29, 1.82) is 0 Å². The Bertz CT molecular complexity index is 214. The minimum absolute atomic E-state index is 0. The van der Waals surface area contributed by atoms with Gasteiger partial charge in [0.05, 0.1) is 11.9 Å². The molecule has 0 aromatic carbocycles. The maximum atomic E-state index is 10.7. The van der Waals surface area contributed by atoms with E-state index in [0.717, 1.165) is 0 Å². The molecule has 0 aliphatic rings. The van der Waals surface area contributed by atoms with Gasteiger partial charge in [-0.25, -0.2) is 0 Å². The Labute approximate surface area is 122 Å². The summed E-state index contributed by atoms with van der Waals surface area (Å²) in [6.07, 6.45) is -5.31. The second-order valence-corrected chi connectivity index (χ2v) is 3.03. The smallest absolute Gasteiger partial charge is 0.550 e. The minimum Gasteiger partial charge on any atom is -0.550 e. The van der Waals surface area contributed by atoms with Crippen LogP contribution in [-0.4, -0.2) is 53.2 Å². The van der Waals surface area contributed by atoms with Crippen LogP contribution in [-0.2, 0) is 14.3 Å². The molecule has 0 spiro atoms. The number of aliphatic hydroxyl groups is 3. The molecule has 0 aliphatic carbocycles. The molecule has 0 saturated carbocycles. The molecule has 3 N–H and O–H groups in total. The van der Waals surface area contributed by atoms with Gasteiger partial charge in [0.25, 0.3) is 0 Å². The van der Waals surface area contributed by atoms with E-state index in [-0.39, 0.29) is 42.8 Å². The molecule has 0 heterocycles. The van der Waals surface area contributed by atoms with Gasteiger partial charge in [-0.15, -0.1) is 0 Å². The number of carbonyl (C=O) groups excluding carboxylic acids is 1. The fraction of sp³-hybridized carbons (Fsp3) is 0.889. The van der Waals surface area contributed by atoms with Gasteiger partial charge in [0.1, 0.15) is 6.10 Å². The second kappa shape index (κ2) is 10.2. The molecule has 0 aromatic rings. The van der Waals surface area contributed by atoms with Gasteiger partial charge in [0.2, 0.25) is 0 Å². The third-order valence-corrected chi connectivity index (χ3v) is 1.91. The molecular formula is C9H17NaO7. The monoisotopic (exact) mass is 260 g/mol. The van der Waals surface area contributed by atoms with Gasteiger partial charge in [-0.2, -0.15) is 0 Å². The van der Waals surface area contributed by atoms with Gasteiger partial charge in [-0.05, 0) is 13.8 Å². The van der Waals surface area contributed by atoms with E-state index in [4.69, 9.17) is 0 Å². The van der Waals surface area contributed by atoms with Crippen LogP contribution < -0.4 is 34.7 Å². The van der Waals surface area contributed by atoms with Gasteiger partial charge >= 0.3 is 29.6 Å². The zero-order valence-electron chi connectivity index (χ0n) is 10.2. The van der Waals surface area contributed by atoms with Gasteiger partial charge in [-0.3, -0.25) is 0 Å². The molecule has 0 fully saturated rings. The Morgan fingerprint density at radius 3 is 1.88 bits per heavy atom. The standard InChI is InChI=1S/C9H18O7.Na/c1-3-15-8(13)5(7(11)12)6(10)9(14)16-4-2;/h5-6,8-10,13-14H,3-4H2,1-2H3,(H,11,12);/q;+1/p-1. The summed E-state index contributed by atoms with van der Waals surface area (Å²) in [5.41, 5.74) is 0. The molecular weight excluding hydrogens is 243 g/mol. The predicted molar refractivity (Wildman–Crippen MR) is 49.8 cm³/mol. The van der Waals surface area contributed by atoms with Crippen LogP contribution in [0.15, 0.2) is 0 Å². The number of carbonyl (C=O) groups is 1. The number of aliphatic hydroxyl groups excluding tert-OH is 3. The Balaban J connectivity index is 0. The van der Waals surface area contributed by atoms with E-state index in [0.29, 0.717) is 0 Å². The van der Waals surface area contributed by atoms with Crippen LogP contribution in [0, 0.1) is 5.92 Å². The molecule has 0 aliphatic heterocycles. The summed E-state index contributed by atoms with van der Waals surface area (Å²) in [5.74, 6) is -3.51. The molecule has 96 valence electrons. The Hall–Kier alpha value is 0.270. The van der Waals surface area contributed by atoms with E-state index >= 15 is 0 Å². The van der Waals surface area contributed by atoms with Crippen LogP contribution in [0.1, 0.15) is 13.8 Å². The minimum atomic E-state index is -1.83. The van der Waals surface area contributed by atoms with Crippen molar-refractivity contribution in [3.8, 4) is 0 Å². The first-order chi connectivity index (χ1) is 7.45. The van der Waals surface area contributed by atoms with E-state index in [1.807, 2.05) is 0 Å². The molecule has 0 rings (SSSR count). The van der Waals surface area contributed by atoms with Crippen LogP contribution in [0.25, 0.3) is 0 Å². The maximum absolute atomic E-state index is 10.7. The van der Waals surface area contributed by atoms with Crippen molar-refractivity contribution in [1.82, 2.24) is 0 Å². The summed E-state index contributed by atoms with van der Waals surface area (Å²) in [6, 6.07) is 0. The van der Waals surface area contributed by atoms with Crippen molar-refractivity contribution in [3.63, 3.8) is 0 Å². The van der Waals surface area contributed by atoms with E-state index in [1.54, 1.807) is 13.8 Å². The number of ether oxygens (including phenoxy) is 2. The first-order valence-corrected chi connectivity index (χ1v) is 4.93. The Morgan fingerprint density at radius 2 is 1.53 bits per heavy atom. The third-order valence-electron chi connectivity index (χ3n) is 1.91. The number of carboxylic acid groups (broad SMARTS) is 1. The summed E-state index contributed by atoms with van der Waals surface area (Å²) in [6.45, 7) is 3.25. The van der Waals surface area contributed by atoms with Gasteiger partial charge < -0.3 is 34.7 Å². The van der Waals surface area contributed by atoms with E-state index in [1.165, 1.54) is 0 Å². The molecule has 0 amide bonds.